The number of piperidine rings is 1. The summed E-state index contributed by atoms with van der Waals surface area (Å²) in [6.45, 7) is 3.19. The van der Waals surface area contributed by atoms with Crippen LogP contribution in [-0.4, -0.2) is 39.5 Å². The molecule has 6 nitrogen and oxygen atoms in total. The Hall–Kier alpha value is -3.41. The lowest BCUT2D eigenvalue weighted by atomic mass is 9.72. The Morgan fingerprint density at radius 1 is 1.07 bits per heavy atom. The van der Waals surface area contributed by atoms with Crippen molar-refractivity contribution in [2.45, 2.75) is 25.2 Å². The van der Waals surface area contributed by atoms with E-state index in [-0.39, 0.29) is 5.75 Å². The van der Waals surface area contributed by atoms with E-state index in [1.54, 1.807) is 24.4 Å². The van der Waals surface area contributed by atoms with Gasteiger partial charge in [-0.25, -0.2) is 0 Å². The zero-order chi connectivity index (χ0) is 20.4. The number of nitrogens with zero attached hydrogens (tertiary/aromatic N) is 3. The van der Waals surface area contributed by atoms with Crippen LogP contribution in [-0.2, 0) is 10.2 Å². The zero-order valence-electron chi connectivity index (χ0n) is 16.2. The van der Waals surface area contributed by atoms with Crippen molar-refractivity contribution >= 4 is 11.7 Å². The van der Waals surface area contributed by atoms with Crippen LogP contribution in [0.1, 0.15) is 24.0 Å². The number of rotatable bonds is 4. The third kappa shape index (κ3) is 3.53. The molecule has 0 amide bonds. The van der Waals surface area contributed by atoms with Crippen LogP contribution in [0.5, 0.6) is 5.75 Å². The lowest BCUT2D eigenvalue weighted by Crippen LogP contribution is -2.47. The minimum atomic E-state index is -0.872. The third-order valence-corrected chi connectivity index (χ3v) is 5.78. The highest BCUT2D eigenvalue weighted by Gasteiger charge is 2.43. The number of aryl methyl sites for hydroxylation is 1. The molecule has 1 aliphatic heterocycles. The molecule has 0 saturated carbocycles. The maximum absolute atomic E-state index is 12.2. The average Bonchev–Trinajstić information content (AvgIpc) is 2.74. The molecule has 1 aromatic heterocycles. The first-order valence-electron chi connectivity index (χ1n) is 9.66. The van der Waals surface area contributed by atoms with Gasteiger partial charge in [0.05, 0.1) is 23.0 Å². The molecule has 0 unspecified atom stereocenters. The number of phenols is 1. The third-order valence-electron chi connectivity index (χ3n) is 5.78. The van der Waals surface area contributed by atoms with E-state index in [1.807, 2.05) is 43.3 Å². The first-order chi connectivity index (χ1) is 14.0. The predicted octanol–water partition coefficient (Wildman–Crippen LogP) is 3.78. The highest BCUT2D eigenvalue weighted by molar-refractivity contribution is 5.82. The van der Waals surface area contributed by atoms with E-state index in [4.69, 9.17) is 0 Å². The summed E-state index contributed by atoms with van der Waals surface area (Å²) in [4.78, 5) is 14.4. The van der Waals surface area contributed by atoms with E-state index < -0.39 is 11.4 Å². The van der Waals surface area contributed by atoms with E-state index in [0.717, 1.165) is 16.8 Å². The molecule has 1 aliphatic rings. The average molecular weight is 389 g/mol. The number of aromatic nitrogens is 2. The molecule has 0 bridgehead atoms. The van der Waals surface area contributed by atoms with Crippen molar-refractivity contribution in [3.8, 4) is 17.0 Å². The summed E-state index contributed by atoms with van der Waals surface area (Å²) >= 11 is 0. The number of aromatic hydroxyl groups is 1. The highest BCUT2D eigenvalue weighted by atomic mass is 16.4. The molecule has 2 N–H and O–H groups in total. The van der Waals surface area contributed by atoms with Gasteiger partial charge in [-0.05, 0) is 43.5 Å². The lowest BCUT2D eigenvalue weighted by Gasteiger charge is -2.40. The number of carbonyl (C=O) groups is 1. The standard InChI is InChI=1S/C23H23N3O3/c1-16-5-4-6-17(13-16)23(22(28)29)9-11-26(12-10-23)18-14-20(25-24-15-18)19-7-2-3-8-21(19)27/h2-8,13-15,27H,9-12H2,1H3,(H,28,29). The number of carboxylic acid groups (broad SMARTS) is 1. The highest BCUT2D eigenvalue weighted by Crippen LogP contribution is 2.38. The Labute approximate surface area is 169 Å². The van der Waals surface area contributed by atoms with Gasteiger partial charge in [0.1, 0.15) is 5.75 Å². The summed E-state index contributed by atoms with van der Waals surface area (Å²) in [5, 5.41) is 28.4. The Balaban J connectivity index is 1.59. The number of para-hydroxylation sites is 1. The molecule has 2 heterocycles. The molecule has 0 spiro atoms. The molecule has 1 saturated heterocycles. The van der Waals surface area contributed by atoms with Gasteiger partial charge in [0.2, 0.25) is 0 Å². The predicted molar refractivity (Wildman–Crippen MR) is 111 cm³/mol. The fourth-order valence-electron chi connectivity index (χ4n) is 4.07. The van der Waals surface area contributed by atoms with Gasteiger partial charge in [-0.2, -0.15) is 10.2 Å². The normalized spacial score (nSPS) is 15.8. The first-order valence-corrected chi connectivity index (χ1v) is 9.66. The Kier molecular flexibility index (Phi) is 4.92. The van der Waals surface area contributed by atoms with Crippen molar-refractivity contribution in [1.82, 2.24) is 10.2 Å². The number of hydrogen-bond donors (Lipinski definition) is 2. The summed E-state index contributed by atoms with van der Waals surface area (Å²) in [6, 6.07) is 16.7. The van der Waals surface area contributed by atoms with Gasteiger partial charge >= 0.3 is 5.97 Å². The Morgan fingerprint density at radius 2 is 1.83 bits per heavy atom. The topological polar surface area (TPSA) is 86.5 Å². The maximum atomic E-state index is 12.2. The molecule has 0 aliphatic carbocycles. The van der Waals surface area contributed by atoms with Gasteiger partial charge in [-0.3, -0.25) is 4.79 Å². The molecule has 2 aromatic carbocycles. The van der Waals surface area contributed by atoms with Crippen LogP contribution in [0.15, 0.2) is 60.8 Å². The molecule has 29 heavy (non-hydrogen) atoms. The van der Waals surface area contributed by atoms with Gasteiger partial charge < -0.3 is 15.1 Å². The van der Waals surface area contributed by atoms with Crippen LogP contribution in [0.3, 0.4) is 0 Å². The van der Waals surface area contributed by atoms with Crippen molar-refractivity contribution in [2.75, 3.05) is 18.0 Å². The van der Waals surface area contributed by atoms with E-state index in [0.29, 0.717) is 37.2 Å². The molecule has 4 rings (SSSR count). The van der Waals surface area contributed by atoms with Gasteiger partial charge in [-0.1, -0.05) is 42.0 Å². The van der Waals surface area contributed by atoms with Crippen molar-refractivity contribution in [3.05, 3.63) is 71.9 Å². The SMILES string of the molecule is Cc1cccc(C2(C(=O)O)CCN(c3cnnc(-c4ccccc4O)c3)CC2)c1. The lowest BCUT2D eigenvalue weighted by molar-refractivity contribution is -0.144. The van der Waals surface area contributed by atoms with Crippen LogP contribution in [0.4, 0.5) is 5.69 Å². The minimum absolute atomic E-state index is 0.155. The summed E-state index contributed by atoms with van der Waals surface area (Å²) in [7, 11) is 0. The zero-order valence-corrected chi connectivity index (χ0v) is 16.2. The maximum Gasteiger partial charge on any atom is 0.314 e. The first kappa shape index (κ1) is 18.9. The summed E-state index contributed by atoms with van der Waals surface area (Å²) in [6.07, 6.45) is 2.71. The van der Waals surface area contributed by atoms with Crippen molar-refractivity contribution in [2.24, 2.45) is 0 Å². The van der Waals surface area contributed by atoms with Crippen LogP contribution in [0.25, 0.3) is 11.3 Å². The molecule has 1 fully saturated rings. The van der Waals surface area contributed by atoms with Crippen molar-refractivity contribution < 1.29 is 15.0 Å². The number of benzene rings is 2. The number of aliphatic carboxylic acids is 1. The van der Waals surface area contributed by atoms with E-state index in [1.165, 1.54) is 0 Å². The largest absolute Gasteiger partial charge is 0.507 e. The van der Waals surface area contributed by atoms with Crippen molar-refractivity contribution in [1.29, 1.82) is 0 Å². The number of hydrogen-bond acceptors (Lipinski definition) is 5. The monoisotopic (exact) mass is 389 g/mol. The fraction of sp³-hybridized carbons (Fsp3) is 0.261. The molecule has 0 radical (unpaired) electrons. The van der Waals surface area contributed by atoms with Gasteiger partial charge in [0.15, 0.2) is 0 Å². The second-order valence-corrected chi connectivity index (χ2v) is 7.56. The Morgan fingerprint density at radius 3 is 2.52 bits per heavy atom. The van der Waals surface area contributed by atoms with Crippen LogP contribution < -0.4 is 4.90 Å². The molecule has 3 aromatic rings. The molecule has 0 atom stereocenters. The van der Waals surface area contributed by atoms with Crippen LogP contribution in [0, 0.1) is 6.92 Å². The molecule has 148 valence electrons. The smallest absolute Gasteiger partial charge is 0.314 e. The summed E-state index contributed by atoms with van der Waals surface area (Å²) in [5.74, 6) is -0.618. The van der Waals surface area contributed by atoms with E-state index >= 15 is 0 Å². The second-order valence-electron chi connectivity index (χ2n) is 7.56. The molecule has 6 heteroatoms. The minimum Gasteiger partial charge on any atom is -0.507 e. The fourth-order valence-corrected chi connectivity index (χ4v) is 4.07. The van der Waals surface area contributed by atoms with Crippen LogP contribution in [0.2, 0.25) is 0 Å². The van der Waals surface area contributed by atoms with Crippen LogP contribution >= 0.6 is 0 Å². The van der Waals surface area contributed by atoms with Gasteiger partial charge in [0.25, 0.3) is 0 Å². The van der Waals surface area contributed by atoms with Gasteiger partial charge in [-0.15, -0.1) is 0 Å². The van der Waals surface area contributed by atoms with Crippen molar-refractivity contribution in [3.63, 3.8) is 0 Å². The number of phenolic OH excluding ortho intramolecular Hbond substituents is 1. The van der Waals surface area contributed by atoms with Gasteiger partial charge in [0, 0.05) is 18.7 Å². The van der Waals surface area contributed by atoms with E-state index in [2.05, 4.69) is 15.1 Å². The quantitative estimate of drug-likeness (QED) is 0.706. The summed E-state index contributed by atoms with van der Waals surface area (Å²) < 4.78 is 0. The molecular formula is C23H23N3O3. The number of carboxylic acids is 1. The Bertz CT molecular complexity index is 1040. The molecular weight excluding hydrogens is 366 g/mol. The number of anilines is 1. The summed E-state index contributed by atoms with van der Waals surface area (Å²) in [5.41, 5.74) is 3.15. The second kappa shape index (κ2) is 7.54. The van der Waals surface area contributed by atoms with E-state index in [9.17, 15) is 15.0 Å².